The standard InChI is InChI=1S/C15H31N3O/c1-13(2)6-9-18-11-10-17(12-15(18)19)8-5-7-16-14(3)4/h13-14,16H,5-12H2,1-4H3. The molecule has 1 amide bonds. The Balaban J connectivity index is 2.16. The lowest BCUT2D eigenvalue weighted by atomic mass is 10.1. The predicted molar refractivity (Wildman–Crippen MR) is 80.2 cm³/mol. The van der Waals surface area contributed by atoms with E-state index in [0.29, 0.717) is 24.4 Å². The molecule has 0 aromatic rings. The molecule has 0 saturated carbocycles. The number of carbonyl (C=O) groups excluding carboxylic acids is 1. The normalized spacial score (nSPS) is 17.8. The summed E-state index contributed by atoms with van der Waals surface area (Å²) >= 11 is 0. The van der Waals surface area contributed by atoms with Crippen LogP contribution in [0.4, 0.5) is 0 Å². The molecule has 0 bridgehead atoms. The van der Waals surface area contributed by atoms with Gasteiger partial charge in [-0.15, -0.1) is 0 Å². The molecule has 1 N–H and O–H groups in total. The van der Waals surface area contributed by atoms with Gasteiger partial charge in [-0.05, 0) is 31.8 Å². The number of piperazine rings is 1. The molecule has 1 aliphatic rings. The van der Waals surface area contributed by atoms with Gasteiger partial charge in [0.25, 0.3) is 0 Å². The Kier molecular flexibility index (Phi) is 7.39. The lowest BCUT2D eigenvalue weighted by molar-refractivity contribution is -0.136. The van der Waals surface area contributed by atoms with E-state index in [1.54, 1.807) is 0 Å². The van der Waals surface area contributed by atoms with Gasteiger partial charge in [0.1, 0.15) is 0 Å². The van der Waals surface area contributed by atoms with Crippen molar-refractivity contribution < 1.29 is 4.79 Å². The van der Waals surface area contributed by atoms with Crippen LogP contribution in [-0.2, 0) is 4.79 Å². The van der Waals surface area contributed by atoms with Crippen LogP contribution in [0.1, 0.15) is 40.5 Å². The fourth-order valence-electron chi connectivity index (χ4n) is 2.29. The first-order chi connectivity index (χ1) is 8.99. The van der Waals surface area contributed by atoms with Gasteiger partial charge in [-0.2, -0.15) is 0 Å². The second kappa shape index (κ2) is 8.54. The van der Waals surface area contributed by atoms with Crippen LogP contribution in [0.15, 0.2) is 0 Å². The molecule has 1 fully saturated rings. The first kappa shape index (κ1) is 16.4. The van der Waals surface area contributed by atoms with E-state index < -0.39 is 0 Å². The highest BCUT2D eigenvalue weighted by Gasteiger charge is 2.23. The number of nitrogens with zero attached hydrogens (tertiary/aromatic N) is 2. The molecule has 4 nitrogen and oxygen atoms in total. The Morgan fingerprint density at radius 3 is 2.47 bits per heavy atom. The summed E-state index contributed by atoms with van der Waals surface area (Å²) in [6, 6.07) is 0.550. The van der Waals surface area contributed by atoms with E-state index in [-0.39, 0.29) is 0 Å². The van der Waals surface area contributed by atoms with E-state index in [4.69, 9.17) is 0 Å². The fourth-order valence-corrected chi connectivity index (χ4v) is 2.29. The Hall–Kier alpha value is -0.610. The van der Waals surface area contributed by atoms with Crippen molar-refractivity contribution in [1.82, 2.24) is 15.1 Å². The maximum atomic E-state index is 12.0. The summed E-state index contributed by atoms with van der Waals surface area (Å²) in [4.78, 5) is 16.3. The summed E-state index contributed by atoms with van der Waals surface area (Å²) in [5.74, 6) is 0.983. The maximum Gasteiger partial charge on any atom is 0.236 e. The highest BCUT2D eigenvalue weighted by molar-refractivity contribution is 5.79. The summed E-state index contributed by atoms with van der Waals surface area (Å²) in [5.41, 5.74) is 0. The molecule has 0 aromatic heterocycles. The average molecular weight is 269 g/mol. The predicted octanol–water partition coefficient (Wildman–Crippen LogP) is 1.56. The summed E-state index contributed by atoms with van der Waals surface area (Å²) < 4.78 is 0. The molecule has 0 radical (unpaired) electrons. The van der Waals surface area contributed by atoms with Gasteiger partial charge in [-0.1, -0.05) is 27.7 Å². The molecule has 1 rings (SSSR count). The molecule has 0 aromatic carbocycles. The summed E-state index contributed by atoms with van der Waals surface area (Å²) in [6.07, 6.45) is 2.24. The summed E-state index contributed by atoms with van der Waals surface area (Å²) in [7, 11) is 0. The zero-order valence-corrected chi connectivity index (χ0v) is 13.1. The number of hydrogen-bond donors (Lipinski definition) is 1. The van der Waals surface area contributed by atoms with Crippen molar-refractivity contribution in [2.75, 3.05) is 39.3 Å². The van der Waals surface area contributed by atoms with Crippen molar-refractivity contribution in [2.45, 2.75) is 46.6 Å². The molecule has 1 aliphatic heterocycles. The van der Waals surface area contributed by atoms with Crippen LogP contribution >= 0.6 is 0 Å². The van der Waals surface area contributed by atoms with Gasteiger partial charge in [0, 0.05) is 25.7 Å². The third-order valence-corrected chi connectivity index (χ3v) is 3.58. The zero-order chi connectivity index (χ0) is 14.3. The van der Waals surface area contributed by atoms with Gasteiger partial charge in [-0.3, -0.25) is 9.69 Å². The maximum absolute atomic E-state index is 12.0. The Morgan fingerprint density at radius 1 is 1.16 bits per heavy atom. The second-order valence-electron chi connectivity index (χ2n) is 6.30. The molecule has 19 heavy (non-hydrogen) atoms. The fraction of sp³-hybridized carbons (Fsp3) is 0.933. The Labute approximate surface area is 118 Å². The Bertz CT molecular complexity index is 266. The molecular formula is C15H31N3O. The van der Waals surface area contributed by atoms with Crippen LogP contribution in [0.3, 0.4) is 0 Å². The topological polar surface area (TPSA) is 35.6 Å². The molecular weight excluding hydrogens is 238 g/mol. The Morgan fingerprint density at radius 2 is 1.89 bits per heavy atom. The van der Waals surface area contributed by atoms with E-state index in [1.807, 2.05) is 4.90 Å². The number of nitrogens with one attached hydrogen (secondary N) is 1. The first-order valence-corrected chi connectivity index (χ1v) is 7.72. The number of carbonyl (C=O) groups is 1. The summed E-state index contributed by atoms with van der Waals surface area (Å²) in [5, 5.41) is 3.42. The van der Waals surface area contributed by atoms with Crippen LogP contribution in [-0.4, -0.2) is 61.0 Å². The van der Waals surface area contributed by atoms with Crippen molar-refractivity contribution in [3.8, 4) is 0 Å². The van der Waals surface area contributed by atoms with Gasteiger partial charge in [0.05, 0.1) is 6.54 Å². The van der Waals surface area contributed by atoms with Crippen molar-refractivity contribution in [3.05, 3.63) is 0 Å². The van der Waals surface area contributed by atoms with E-state index in [1.165, 1.54) is 0 Å². The van der Waals surface area contributed by atoms with Crippen LogP contribution in [0.5, 0.6) is 0 Å². The summed E-state index contributed by atoms with van der Waals surface area (Å²) in [6.45, 7) is 14.3. The van der Waals surface area contributed by atoms with E-state index in [9.17, 15) is 4.79 Å². The molecule has 112 valence electrons. The van der Waals surface area contributed by atoms with Crippen LogP contribution in [0.25, 0.3) is 0 Å². The molecule has 0 atom stereocenters. The minimum Gasteiger partial charge on any atom is -0.340 e. The first-order valence-electron chi connectivity index (χ1n) is 7.72. The van der Waals surface area contributed by atoms with Gasteiger partial charge in [-0.25, -0.2) is 0 Å². The van der Waals surface area contributed by atoms with Gasteiger partial charge in [0.15, 0.2) is 0 Å². The largest absolute Gasteiger partial charge is 0.340 e. The third kappa shape index (κ3) is 6.92. The number of hydrogen-bond acceptors (Lipinski definition) is 3. The highest BCUT2D eigenvalue weighted by Crippen LogP contribution is 2.07. The number of rotatable bonds is 8. The van der Waals surface area contributed by atoms with E-state index >= 15 is 0 Å². The van der Waals surface area contributed by atoms with Crippen LogP contribution < -0.4 is 5.32 Å². The van der Waals surface area contributed by atoms with Gasteiger partial charge >= 0.3 is 0 Å². The van der Waals surface area contributed by atoms with Crippen molar-refractivity contribution in [2.24, 2.45) is 5.92 Å². The van der Waals surface area contributed by atoms with Gasteiger partial charge in [0.2, 0.25) is 5.91 Å². The lowest BCUT2D eigenvalue weighted by Crippen LogP contribution is -2.51. The molecule has 1 heterocycles. The average Bonchev–Trinajstić information content (AvgIpc) is 2.33. The minimum absolute atomic E-state index is 0.309. The van der Waals surface area contributed by atoms with Crippen LogP contribution in [0, 0.1) is 5.92 Å². The lowest BCUT2D eigenvalue weighted by Gasteiger charge is -2.34. The molecule has 0 spiro atoms. The van der Waals surface area contributed by atoms with Crippen molar-refractivity contribution in [1.29, 1.82) is 0 Å². The zero-order valence-electron chi connectivity index (χ0n) is 13.1. The van der Waals surface area contributed by atoms with Crippen molar-refractivity contribution in [3.63, 3.8) is 0 Å². The third-order valence-electron chi connectivity index (χ3n) is 3.58. The van der Waals surface area contributed by atoms with Crippen LogP contribution in [0.2, 0.25) is 0 Å². The molecule has 1 saturated heterocycles. The smallest absolute Gasteiger partial charge is 0.236 e. The van der Waals surface area contributed by atoms with Gasteiger partial charge < -0.3 is 10.2 Å². The number of amides is 1. The molecule has 0 unspecified atom stereocenters. The molecule has 0 aliphatic carbocycles. The second-order valence-corrected chi connectivity index (χ2v) is 6.30. The monoisotopic (exact) mass is 269 g/mol. The van der Waals surface area contributed by atoms with Crippen molar-refractivity contribution >= 4 is 5.91 Å². The quantitative estimate of drug-likeness (QED) is 0.679. The minimum atomic E-state index is 0.309. The van der Waals surface area contributed by atoms with E-state index in [0.717, 1.165) is 45.6 Å². The SMILES string of the molecule is CC(C)CCN1CCN(CCCNC(C)C)CC1=O. The van der Waals surface area contributed by atoms with E-state index in [2.05, 4.69) is 37.9 Å². The highest BCUT2D eigenvalue weighted by atomic mass is 16.2. The molecule has 4 heteroatoms.